The molecule has 4 N–H and O–H groups in total. The second-order valence-corrected chi connectivity index (χ2v) is 5.56. The van der Waals surface area contributed by atoms with Crippen LogP contribution in [-0.4, -0.2) is 47.3 Å². The van der Waals surface area contributed by atoms with Crippen LogP contribution >= 0.6 is 11.3 Å². The number of carbonyl (C=O) groups is 2. The first-order valence-electron chi connectivity index (χ1n) is 6.35. The zero-order chi connectivity index (χ0) is 14.6. The van der Waals surface area contributed by atoms with Crippen molar-refractivity contribution < 1.29 is 19.4 Å². The number of carboxylic acids is 1. The zero-order valence-corrected chi connectivity index (χ0v) is 11.7. The molecule has 20 heavy (non-hydrogen) atoms. The Kier molecular flexibility index (Phi) is 4.69. The molecule has 0 aliphatic carbocycles. The lowest BCUT2D eigenvalue weighted by Crippen LogP contribution is -2.57. The van der Waals surface area contributed by atoms with Gasteiger partial charge in [0.1, 0.15) is 11.2 Å². The average molecular weight is 299 g/mol. The van der Waals surface area contributed by atoms with Crippen molar-refractivity contribution in [2.45, 2.75) is 24.8 Å². The maximum Gasteiger partial charge on any atom is 0.329 e. The molecule has 1 aromatic heterocycles. The fourth-order valence-corrected chi connectivity index (χ4v) is 2.84. The number of rotatable bonds is 5. The predicted octanol–water partition coefficient (Wildman–Crippen LogP) is 0.00790. The Morgan fingerprint density at radius 3 is 2.80 bits per heavy atom. The number of ether oxygens (including phenoxy) is 1. The van der Waals surface area contributed by atoms with Gasteiger partial charge in [0, 0.05) is 37.9 Å². The van der Waals surface area contributed by atoms with Crippen LogP contribution in [0.5, 0.6) is 0 Å². The lowest BCUT2D eigenvalue weighted by atomic mass is 9.90. The smallest absolute Gasteiger partial charge is 0.329 e. The predicted molar refractivity (Wildman–Crippen MR) is 72.8 cm³/mol. The van der Waals surface area contributed by atoms with Gasteiger partial charge in [0.15, 0.2) is 0 Å². The summed E-state index contributed by atoms with van der Waals surface area (Å²) in [5.74, 6) is -1.50. The summed E-state index contributed by atoms with van der Waals surface area (Å²) in [6.07, 6.45) is 1.12. The van der Waals surface area contributed by atoms with E-state index in [2.05, 4.69) is 10.3 Å². The molecule has 8 heteroatoms. The van der Waals surface area contributed by atoms with Gasteiger partial charge in [0.05, 0.1) is 5.01 Å². The van der Waals surface area contributed by atoms with Crippen LogP contribution in [0.2, 0.25) is 0 Å². The van der Waals surface area contributed by atoms with Crippen molar-refractivity contribution in [3.63, 3.8) is 0 Å². The molecule has 0 saturated carbocycles. The highest BCUT2D eigenvalue weighted by Crippen LogP contribution is 2.22. The molecule has 0 aromatic carbocycles. The molecule has 7 nitrogen and oxygen atoms in total. The van der Waals surface area contributed by atoms with Gasteiger partial charge in [-0.25, -0.2) is 9.78 Å². The van der Waals surface area contributed by atoms with Crippen molar-refractivity contribution in [3.05, 3.63) is 16.1 Å². The van der Waals surface area contributed by atoms with E-state index in [4.69, 9.17) is 10.5 Å². The molecule has 0 bridgehead atoms. The number of amides is 1. The van der Waals surface area contributed by atoms with Gasteiger partial charge in [0.2, 0.25) is 0 Å². The highest BCUT2D eigenvalue weighted by molar-refractivity contribution is 7.09. The SMILES string of the molecule is NCCc1nc(C(=O)NC2(C(=O)O)CCOCC2)cs1. The van der Waals surface area contributed by atoms with Crippen LogP contribution in [0.25, 0.3) is 0 Å². The third-order valence-electron chi connectivity index (χ3n) is 3.25. The minimum absolute atomic E-state index is 0.241. The van der Waals surface area contributed by atoms with Crippen molar-refractivity contribution in [1.82, 2.24) is 10.3 Å². The molecule has 0 atom stereocenters. The first-order chi connectivity index (χ1) is 9.57. The molecule has 1 saturated heterocycles. The first-order valence-corrected chi connectivity index (χ1v) is 7.23. The van der Waals surface area contributed by atoms with E-state index in [1.807, 2.05) is 0 Å². The Morgan fingerprint density at radius 1 is 1.50 bits per heavy atom. The van der Waals surface area contributed by atoms with E-state index in [-0.39, 0.29) is 18.5 Å². The van der Waals surface area contributed by atoms with E-state index in [9.17, 15) is 14.7 Å². The largest absolute Gasteiger partial charge is 0.480 e. The quantitative estimate of drug-likeness (QED) is 0.705. The number of carboxylic acid groups (broad SMARTS) is 1. The van der Waals surface area contributed by atoms with Crippen LogP contribution in [0.4, 0.5) is 0 Å². The molecule has 1 amide bonds. The number of thiazole rings is 1. The number of nitrogens with zero attached hydrogens (tertiary/aromatic N) is 1. The van der Waals surface area contributed by atoms with Crippen molar-refractivity contribution >= 4 is 23.2 Å². The molecule has 110 valence electrons. The van der Waals surface area contributed by atoms with Crippen LogP contribution in [0.3, 0.4) is 0 Å². The van der Waals surface area contributed by atoms with Crippen LogP contribution in [0.1, 0.15) is 28.3 Å². The Hall–Kier alpha value is -1.51. The van der Waals surface area contributed by atoms with E-state index < -0.39 is 17.4 Å². The molecule has 2 heterocycles. The van der Waals surface area contributed by atoms with E-state index in [1.165, 1.54) is 11.3 Å². The summed E-state index contributed by atoms with van der Waals surface area (Å²) in [7, 11) is 0. The number of aromatic nitrogens is 1. The fourth-order valence-electron chi connectivity index (χ4n) is 2.05. The number of hydrogen-bond donors (Lipinski definition) is 3. The Morgan fingerprint density at radius 2 is 2.20 bits per heavy atom. The van der Waals surface area contributed by atoms with Crippen molar-refractivity contribution in [1.29, 1.82) is 0 Å². The number of aliphatic carboxylic acids is 1. The number of carbonyl (C=O) groups excluding carboxylic acids is 1. The Balaban J connectivity index is 2.09. The molecule has 0 unspecified atom stereocenters. The Labute approximate surface area is 120 Å². The van der Waals surface area contributed by atoms with Gasteiger partial charge in [-0.1, -0.05) is 0 Å². The number of nitrogens with one attached hydrogen (secondary N) is 1. The van der Waals surface area contributed by atoms with E-state index >= 15 is 0 Å². The second kappa shape index (κ2) is 6.29. The molecule has 0 spiro atoms. The van der Waals surface area contributed by atoms with Crippen LogP contribution in [0, 0.1) is 0 Å². The number of hydrogen-bond acceptors (Lipinski definition) is 6. The molecule has 1 aromatic rings. The zero-order valence-electron chi connectivity index (χ0n) is 10.9. The van der Waals surface area contributed by atoms with Gasteiger partial charge >= 0.3 is 5.97 Å². The fraction of sp³-hybridized carbons (Fsp3) is 0.583. The van der Waals surface area contributed by atoms with Crippen molar-refractivity contribution in [2.24, 2.45) is 5.73 Å². The van der Waals surface area contributed by atoms with Gasteiger partial charge in [0.25, 0.3) is 5.91 Å². The molecule has 1 fully saturated rings. The average Bonchev–Trinajstić information content (AvgIpc) is 2.89. The minimum Gasteiger partial charge on any atom is -0.480 e. The van der Waals surface area contributed by atoms with E-state index in [0.29, 0.717) is 26.2 Å². The Bertz CT molecular complexity index is 497. The van der Waals surface area contributed by atoms with Crippen molar-refractivity contribution in [2.75, 3.05) is 19.8 Å². The van der Waals surface area contributed by atoms with Gasteiger partial charge < -0.3 is 20.9 Å². The second-order valence-electron chi connectivity index (χ2n) is 4.62. The normalized spacial score (nSPS) is 17.6. The summed E-state index contributed by atoms with van der Waals surface area (Å²) in [4.78, 5) is 27.7. The molecular formula is C12H17N3O4S. The van der Waals surface area contributed by atoms with Crippen LogP contribution in [-0.2, 0) is 16.0 Å². The highest BCUT2D eigenvalue weighted by atomic mass is 32.1. The lowest BCUT2D eigenvalue weighted by molar-refractivity contribution is -0.148. The maximum atomic E-state index is 12.1. The maximum absolute atomic E-state index is 12.1. The summed E-state index contributed by atoms with van der Waals surface area (Å²) >= 11 is 1.35. The number of nitrogens with two attached hydrogens (primary N) is 1. The molecular weight excluding hydrogens is 282 g/mol. The van der Waals surface area contributed by atoms with Crippen LogP contribution in [0.15, 0.2) is 5.38 Å². The van der Waals surface area contributed by atoms with E-state index in [1.54, 1.807) is 5.38 Å². The lowest BCUT2D eigenvalue weighted by Gasteiger charge is -2.33. The van der Waals surface area contributed by atoms with E-state index in [0.717, 1.165) is 5.01 Å². The summed E-state index contributed by atoms with van der Waals surface area (Å²) < 4.78 is 5.16. The molecule has 0 radical (unpaired) electrons. The summed E-state index contributed by atoms with van der Waals surface area (Å²) in [6, 6.07) is 0. The standard InChI is InChI=1S/C12H17N3O4S/c13-4-1-9-14-8(7-20-9)10(16)15-12(11(17)18)2-5-19-6-3-12/h7H,1-6,13H2,(H,15,16)(H,17,18). The highest BCUT2D eigenvalue weighted by Gasteiger charge is 2.42. The summed E-state index contributed by atoms with van der Waals surface area (Å²) in [6.45, 7) is 1.11. The van der Waals surface area contributed by atoms with Gasteiger partial charge in [-0.05, 0) is 6.54 Å². The van der Waals surface area contributed by atoms with Gasteiger partial charge in [-0.15, -0.1) is 11.3 Å². The van der Waals surface area contributed by atoms with Crippen molar-refractivity contribution in [3.8, 4) is 0 Å². The minimum atomic E-state index is -1.26. The monoisotopic (exact) mass is 299 g/mol. The van der Waals surface area contributed by atoms with Gasteiger partial charge in [-0.3, -0.25) is 4.79 Å². The third-order valence-corrected chi connectivity index (χ3v) is 4.16. The topological polar surface area (TPSA) is 115 Å². The summed E-state index contributed by atoms with van der Waals surface area (Å²) in [5.41, 5.74) is 4.41. The molecule has 1 aliphatic rings. The van der Waals surface area contributed by atoms with Crippen LogP contribution < -0.4 is 11.1 Å². The van der Waals surface area contributed by atoms with Gasteiger partial charge in [-0.2, -0.15) is 0 Å². The first kappa shape index (κ1) is 14.9. The third kappa shape index (κ3) is 3.14. The molecule has 2 rings (SSSR count). The molecule has 1 aliphatic heterocycles. The summed E-state index contributed by atoms with van der Waals surface area (Å²) in [5, 5.41) is 14.4.